The normalized spacial score (nSPS) is 23.1. The second-order valence-corrected chi connectivity index (χ2v) is 12.4. The summed E-state index contributed by atoms with van der Waals surface area (Å²) in [5.74, 6) is -4.32. The second-order valence-electron chi connectivity index (χ2n) is 12.4. The third-order valence-electron chi connectivity index (χ3n) is 9.87. The van der Waals surface area contributed by atoms with Crippen LogP contribution in [-0.2, 0) is 19.9 Å². The smallest absolute Gasteiger partial charge is 0.339 e. The summed E-state index contributed by atoms with van der Waals surface area (Å²) >= 11 is 0. The first-order valence-corrected chi connectivity index (χ1v) is 16.2. The number of fused-ring (bicyclic) bond motifs is 5. The first-order chi connectivity index (χ1) is 24.0. The number of likely N-dealkylation sites (tertiary alicyclic amines) is 1. The zero-order valence-corrected chi connectivity index (χ0v) is 26.3. The topological polar surface area (TPSA) is 110 Å². The zero-order valence-electron chi connectivity index (χ0n) is 26.3. The van der Waals surface area contributed by atoms with E-state index in [1.807, 2.05) is 91.0 Å². The summed E-state index contributed by atoms with van der Waals surface area (Å²) in [4.78, 5) is 51.9. The molecule has 2 fully saturated rings. The molecule has 1 saturated heterocycles. The van der Waals surface area contributed by atoms with Gasteiger partial charge in [-0.25, -0.2) is 9.69 Å². The van der Waals surface area contributed by atoms with Crippen molar-refractivity contribution in [1.29, 1.82) is 0 Å². The van der Waals surface area contributed by atoms with Crippen molar-refractivity contribution in [3.05, 3.63) is 185 Å². The third-order valence-corrected chi connectivity index (χ3v) is 9.87. The molecule has 3 aliphatic rings. The molecule has 2 amide bonds. The van der Waals surface area contributed by atoms with Crippen LogP contribution in [0.4, 0.5) is 0 Å². The number of carbonyl (C=O) groups excluding carboxylic acids is 3. The quantitative estimate of drug-likeness (QED) is 0.129. The van der Waals surface area contributed by atoms with E-state index in [-0.39, 0.29) is 0 Å². The Morgan fingerprint density at radius 1 is 0.714 bits per heavy atom. The molecule has 5 aromatic rings. The predicted octanol–water partition coefficient (Wildman–Crippen LogP) is 5.82. The molecule has 2 aliphatic carbocycles. The number of esters is 1. The van der Waals surface area contributed by atoms with Gasteiger partial charge in [0, 0.05) is 29.8 Å². The average Bonchev–Trinajstić information content (AvgIpc) is 3.78. The number of pyridine rings is 2. The van der Waals surface area contributed by atoms with Gasteiger partial charge in [-0.05, 0) is 58.7 Å². The Kier molecular flexibility index (Phi) is 7.57. The van der Waals surface area contributed by atoms with Gasteiger partial charge in [0.2, 0.25) is 11.8 Å². The van der Waals surface area contributed by atoms with Crippen molar-refractivity contribution < 1.29 is 24.2 Å². The van der Waals surface area contributed by atoms with Crippen molar-refractivity contribution in [1.82, 2.24) is 14.9 Å². The number of carbonyl (C=O) groups is 3. The molecule has 3 aromatic carbocycles. The minimum absolute atomic E-state index is 0.321. The average molecular weight is 646 g/mol. The second kappa shape index (κ2) is 12.2. The minimum atomic E-state index is -1.72. The van der Waals surface area contributed by atoms with Crippen molar-refractivity contribution in [2.75, 3.05) is 6.73 Å². The van der Waals surface area contributed by atoms with Crippen LogP contribution in [0.25, 0.3) is 5.57 Å². The Morgan fingerprint density at radius 3 is 1.94 bits per heavy atom. The van der Waals surface area contributed by atoms with E-state index in [0.29, 0.717) is 28.1 Å². The summed E-state index contributed by atoms with van der Waals surface area (Å²) in [5.41, 5.74) is 3.42. The number of imide groups is 1. The first-order valence-electron chi connectivity index (χ1n) is 16.2. The van der Waals surface area contributed by atoms with Gasteiger partial charge in [-0.2, -0.15) is 0 Å². The molecule has 1 saturated carbocycles. The highest BCUT2D eigenvalue weighted by molar-refractivity contribution is 6.08. The zero-order chi connectivity index (χ0) is 33.5. The van der Waals surface area contributed by atoms with E-state index >= 15 is 0 Å². The lowest BCUT2D eigenvalue weighted by molar-refractivity contribution is -0.144. The molecule has 8 heteroatoms. The molecule has 1 N–H and O–H groups in total. The van der Waals surface area contributed by atoms with E-state index in [9.17, 15) is 19.5 Å². The van der Waals surface area contributed by atoms with Crippen LogP contribution < -0.4 is 0 Å². The predicted molar refractivity (Wildman–Crippen MR) is 181 cm³/mol. The largest absolute Gasteiger partial charge is 0.440 e. The molecule has 0 radical (unpaired) electrons. The SMILES string of the molecule is O=C(OCN1C(=O)C2C3C=C(C(O)(c4ccccc4)c4ccccn4)C(C3=C(c3ccccc3)c3ccccn3)C2C1=O)c1ccccc1. The van der Waals surface area contributed by atoms with Gasteiger partial charge in [0.25, 0.3) is 0 Å². The Morgan fingerprint density at radius 2 is 1.31 bits per heavy atom. The Labute approximate surface area is 283 Å². The number of hydrogen-bond acceptors (Lipinski definition) is 7. The number of hydrogen-bond donors (Lipinski definition) is 1. The van der Waals surface area contributed by atoms with Crippen molar-refractivity contribution >= 4 is 23.4 Å². The van der Waals surface area contributed by atoms with E-state index in [0.717, 1.165) is 21.6 Å². The maximum atomic E-state index is 14.5. The molecular weight excluding hydrogens is 614 g/mol. The fraction of sp³-hybridized carbons (Fsp3) is 0.146. The summed E-state index contributed by atoms with van der Waals surface area (Å²) in [7, 11) is 0. The third kappa shape index (κ3) is 4.91. The number of aliphatic hydroxyl groups is 1. The van der Waals surface area contributed by atoms with Gasteiger partial charge < -0.3 is 9.84 Å². The highest BCUT2D eigenvalue weighted by Gasteiger charge is 2.67. The number of amides is 2. The van der Waals surface area contributed by atoms with Crippen LogP contribution in [-0.4, -0.2) is 44.5 Å². The highest BCUT2D eigenvalue weighted by Crippen LogP contribution is 2.64. The van der Waals surface area contributed by atoms with Crippen molar-refractivity contribution in [3.63, 3.8) is 0 Å². The first kappa shape index (κ1) is 30.4. The Bertz CT molecular complexity index is 2020. The molecule has 1 aliphatic heterocycles. The van der Waals surface area contributed by atoms with Crippen LogP contribution in [0, 0.1) is 23.7 Å². The molecule has 3 heterocycles. The van der Waals surface area contributed by atoms with Crippen LogP contribution in [0.5, 0.6) is 0 Å². The van der Waals surface area contributed by atoms with Gasteiger partial charge >= 0.3 is 5.97 Å². The van der Waals surface area contributed by atoms with Gasteiger partial charge in [0.1, 0.15) is 0 Å². The molecule has 0 spiro atoms. The Balaban J connectivity index is 1.29. The summed E-state index contributed by atoms with van der Waals surface area (Å²) in [5, 5.41) is 13.0. The van der Waals surface area contributed by atoms with E-state index in [4.69, 9.17) is 9.72 Å². The van der Waals surface area contributed by atoms with Crippen LogP contribution in [0.1, 0.15) is 32.9 Å². The monoisotopic (exact) mass is 645 g/mol. The number of ether oxygens (including phenoxy) is 1. The minimum Gasteiger partial charge on any atom is -0.440 e. The van der Waals surface area contributed by atoms with Crippen LogP contribution >= 0.6 is 0 Å². The van der Waals surface area contributed by atoms with Crippen LogP contribution in [0.15, 0.2) is 157 Å². The molecule has 8 nitrogen and oxygen atoms in total. The molecular formula is C41H31N3O5. The van der Waals surface area contributed by atoms with Gasteiger partial charge in [-0.1, -0.05) is 97.1 Å². The molecule has 5 atom stereocenters. The molecule has 2 aromatic heterocycles. The Hall–Kier alpha value is -5.99. The molecule has 2 bridgehead atoms. The van der Waals surface area contributed by atoms with E-state index < -0.39 is 53.8 Å². The molecule has 240 valence electrons. The maximum absolute atomic E-state index is 14.5. The maximum Gasteiger partial charge on any atom is 0.339 e. The van der Waals surface area contributed by atoms with Gasteiger partial charge in [-0.15, -0.1) is 0 Å². The van der Waals surface area contributed by atoms with Crippen molar-refractivity contribution in [2.24, 2.45) is 23.7 Å². The van der Waals surface area contributed by atoms with Crippen molar-refractivity contribution in [3.8, 4) is 0 Å². The molecule has 5 unspecified atom stereocenters. The number of allylic oxidation sites excluding steroid dienone is 2. The fourth-order valence-electron chi connectivity index (χ4n) is 7.82. The lowest BCUT2D eigenvalue weighted by atomic mass is 9.71. The number of nitrogens with zero attached hydrogens (tertiary/aromatic N) is 3. The van der Waals surface area contributed by atoms with Crippen LogP contribution in [0.3, 0.4) is 0 Å². The van der Waals surface area contributed by atoms with Gasteiger partial charge in [0.15, 0.2) is 12.3 Å². The molecule has 49 heavy (non-hydrogen) atoms. The van der Waals surface area contributed by atoms with E-state index in [1.54, 1.807) is 54.9 Å². The summed E-state index contributed by atoms with van der Waals surface area (Å²) in [6, 6.07) is 38.6. The summed E-state index contributed by atoms with van der Waals surface area (Å²) in [6.45, 7) is -0.499. The van der Waals surface area contributed by atoms with Crippen molar-refractivity contribution in [2.45, 2.75) is 5.60 Å². The number of aromatic nitrogens is 2. The van der Waals surface area contributed by atoms with Crippen LogP contribution in [0.2, 0.25) is 0 Å². The number of rotatable bonds is 8. The number of benzene rings is 3. The fourth-order valence-corrected chi connectivity index (χ4v) is 7.82. The summed E-state index contributed by atoms with van der Waals surface area (Å²) in [6.07, 6.45) is 5.31. The standard InChI is InChI=1S/C41H31N3O5/c45-38-35-29-24-30(41(48,28-18-8-3-9-19-28)32-21-11-13-23-43-32)36(34(29)33(26-14-4-1-5-15-26)31-20-10-12-22-42-31)37(35)39(46)44(38)25-49-40(47)27-16-6-2-7-17-27/h1-24,29,35-37,48H,25H2. The van der Waals surface area contributed by atoms with Gasteiger partial charge in [-0.3, -0.25) is 19.6 Å². The highest BCUT2D eigenvalue weighted by atomic mass is 16.5. The molecule has 8 rings (SSSR count). The van der Waals surface area contributed by atoms with E-state index in [1.165, 1.54) is 0 Å². The lowest BCUT2D eigenvalue weighted by Crippen LogP contribution is -2.39. The van der Waals surface area contributed by atoms with E-state index in [2.05, 4.69) is 4.98 Å². The van der Waals surface area contributed by atoms with Gasteiger partial charge in [0.05, 0.1) is 28.8 Å². The lowest BCUT2D eigenvalue weighted by Gasteiger charge is -2.36. The summed E-state index contributed by atoms with van der Waals surface area (Å²) < 4.78 is 5.50.